The minimum Gasteiger partial charge on any atom is -0.495 e. The summed E-state index contributed by atoms with van der Waals surface area (Å²) in [5.41, 5.74) is 1.23. The van der Waals surface area contributed by atoms with Gasteiger partial charge in [0.05, 0.1) is 18.0 Å². The zero-order valence-electron chi connectivity index (χ0n) is 9.44. The van der Waals surface area contributed by atoms with Crippen LogP contribution in [0.5, 0.6) is 5.75 Å². The van der Waals surface area contributed by atoms with E-state index in [1.807, 2.05) is 6.07 Å². The number of hydrogen-bond acceptors (Lipinski definition) is 4. The Balaban J connectivity index is 2.34. The summed E-state index contributed by atoms with van der Waals surface area (Å²) < 4.78 is 5.08. The number of Topliss-reactive ketones (excluding diaryl/α,β-unsaturated/α-hetero) is 1. The Labute approximate surface area is 118 Å². The van der Waals surface area contributed by atoms with Crippen molar-refractivity contribution in [3.8, 4) is 16.3 Å². The summed E-state index contributed by atoms with van der Waals surface area (Å²) >= 11 is 12.9. The molecule has 2 aromatic rings. The van der Waals surface area contributed by atoms with Gasteiger partial charge in [0.1, 0.15) is 16.5 Å². The number of methoxy groups -OCH3 is 1. The van der Waals surface area contributed by atoms with Crippen molar-refractivity contribution in [3.05, 3.63) is 34.3 Å². The highest BCUT2D eigenvalue weighted by Gasteiger charge is 2.12. The van der Waals surface area contributed by atoms with Crippen molar-refractivity contribution in [1.82, 2.24) is 4.98 Å². The van der Waals surface area contributed by atoms with Crippen molar-refractivity contribution < 1.29 is 9.53 Å². The van der Waals surface area contributed by atoms with Gasteiger partial charge in [-0.3, -0.25) is 4.79 Å². The highest BCUT2D eigenvalue weighted by molar-refractivity contribution is 7.13. The van der Waals surface area contributed by atoms with Crippen LogP contribution in [0.2, 0.25) is 5.02 Å². The molecule has 0 saturated carbocycles. The quantitative estimate of drug-likeness (QED) is 0.635. The molecule has 0 saturated heterocycles. The highest BCUT2D eigenvalue weighted by atomic mass is 35.5. The van der Waals surface area contributed by atoms with E-state index in [-0.39, 0.29) is 11.7 Å². The van der Waals surface area contributed by atoms with E-state index in [0.29, 0.717) is 16.5 Å². The average Bonchev–Trinajstić information content (AvgIpc) is 2.87. The van der Waals surface area contributed by atoms with Crippen molar-refractivity contribution in [1.29, 1.82) is 0 Å². The number of alkyl halides is 1. The average molecular weight is 302 g/mol. The monoisotopic (exact) mass is 301 g/mol. The first kappa shape index (κ1) is 13.3. The minimum atomic E-state index is -0.182. The predicted molar refractivity (Wildman–Crippen MR) is 74.2 cm³/mol. The molecule has 0 aliphatic heterocycles. The van der Waals surface area contributed by atoms with Crippen LogP contribution in [-0.2, 0) is 0 Å². The van der Waals surface area contributed by atoms with Crippen LogP contribution in [0.25, 0.3) is 10.6 Å². The first-order chi connectivity index (χ1) is 8.65. The third-order valence-electron chi connectivity index (χ3n) is 2.31. The maximum Gasteiger partial charge on any atom is 0.196 e. The molecule has 1 aromatic carbocycles. The first-order valence-electron chi connectivity index (χ1n) is 5.04. The summed E-state index contributed by atoms with van der Waals surface area (Å²) in [5, 5.41) is 2.93. The van der Waals surface area contributed by atoms with Crippen LogP contribution >= 0.6 is 34.5 Å². The lowest BCUT2D eigenvalue weighted by Crippen LogP contribution is -2.00. The van der Waals surface area contributed by atoms with E-state index in [4.69, 9.17) is 27.9 Å². The summed E-state index contributed by atoms with van der Waals surface area (Å²) in [7, 11) is 1.56. The van der Waals surface area contributed by atoms with E-state index < -0.39 is 0 Å². The number of ketones is 1. The second kappa shape index (κ2) is 5.69. The number of carbonyl (C=O) groups excluding carboxylic acids is 1. The third-order valence-corrected chi connectivity index (χ3v) is 3.74. The van der Waals surface area contributed by atoms with Crippen LogP contribution in [0.1, 0.15) is 10.5 Å². The van der Waals surface area contributed by atoms with Crippen LogP contribution in [0.3, 0.4) is 0 Å². The van der Waals surface area contributed by atoms with Gasteiger partial charge in [0, 0.05) is 10.9 Å². The van der Waals surface area contributed by atoms with Gasteiger partial charge in [0.15, 0.2) is 5.78 Å². The number of halogens is 2. The molecule has 0 unspecified atom stereocenters. The minimum absolute atomic E-state index is 0.0630. The van der Waals surface area contributed by atoms with Gasteiger partial charge >= 0.3 is 0 Å². The largest absolute Gasteiger partial charge is 0.495 e. The zero-order valence-corrected chi connectivity index (χ0v) is 11.8. The van der Waals surface area contributed by atoms with Crippen LogP contribution in [0.15, 0.2) is 23.6 Å². The maximum atomic E-state index is 11.4. The third kappa shape index (κ3) is 2.66. The molecule has 0 fully saturated rings. The Hall–Kier alpha value is -1.10. The molecule has 0 radical (unpaired) electrons. The van der Waals surface area contributed by atoms with Gasteiger partial charge in [-0.25, -0.2) is 4.98 Å². The lowest BCUT2D eigenvalue weighted by Gasteiger charge is -2.03. The van der Waals surface area contributed by atoms with Crippen LogP contribution in [-0.4, -0.2) is 23.8 Å². The molecule has 3 nitrogen and oxygen atoms in total. The molecule has 0 bridgehead atoms. The Kier molecular flexibility index (Phi) is 4.22. The van der Waals surface area contributed by atoms with Crippen molar-refractivity contribution in [2.75, 3.05) is 13.0 Å². The fraction of sp³-hybridized carbons (Fsp3) is 0.167. The summed E-state index contributed by atoms with van der Waals surface area (Å²) in [6, 6.07) is 5.37. The van der Waals surface area contributed by atoms with Crippen molar-refractivity contribution in [2.45, 2.75) is 0 Å². The fourth-order valence-electron chi connectivity index (χ4n) is 1.40. The van der Waals surface area contributed by atoms with Crippen LogP contribution in [0, 0.1) is 0 Å². The molecule has 1 aromatic heterocycles. The normalized spacial score (nSPS) is 10.4. The lowest BCUT2D eigenvalue weighted by atomic mass is 10.2. The van der Waals surface area contributed by atoms with E-state index >= 15 is 0 Å². The van der Waals surface area contributed by atoms with Gasteiger partial charge in [-0.15, -0.1) is 22.9 Å². The molecule has 2 rings (SSSR count). The number of benzene rings is 1. The predicted octanol–water partition coefficient (Wildman–Crippen LogP) is 3.89. The number of ether oxygens (including phenoxy) is 1. The smallest absolute Gasteiger partial charge is 0.196 e. The molecular weight excluding hydrogens is 293 g/mol. The number of hydrogen-bond donors (Lipinski definition) is 0. The van der Waals surface area contributed by atoms with Crippen LogP contribution in [0.4, 0.5) is 0 Å². The van der Waals surface area contributed by atoms with Crippen molar-refractivity contribution in [3.63, 3.8) is 0 Å². The number of thiazole rings is 1. The Morgan fingerprint density at radius 2 is 2.28 bits per heavy atom. The van der Waals surface area contributed by atoms with E-state index in [1.54, 1.807) is 24.6 Å². The number of rotatable bonds is 4. The second-order valence-electron chi connectivity index (χ2n) is 3.44. The molecule has 94 valence electrons. The summed E-state index contributed by atoms with van der Waals surface area (Å²) in [5.74, 6) is 0.361. The topological polar surface area (TPSA) is 39.2 Å². The fourth-order valence-corrected chi connectivity index (χ4v) is 2.62. The molecule has 18 heavy (non-hydrogen) atoms. The van der Waals surface area contributed by atoms with E-state index in [9.17, 15) is 4.79 Å². The van der Waals surface area contributed by atoms with Crippen molar-refractivity contribution >= 4 is 40.3 Å². The van der Waals surface area contributed by atoms with Gasteiger partial charge in [-0.1, -0.05) is 11.6 Å². The van der Waals surface area contributed by atoms with Crippen molar-refractivity contribution in [2.24, 2.45) is 0 Å². The lowest BCUT2D eigenvalue weighted by molar-refractivity contribution is 0.101. The summed E-state index contributed by atoms with van der Waals surface area (Å²) in [6.07, 6.45) is 0. The van der Waals surface area contributed by atoms with E-state index in [2.05, 4.69) is 4.98 Å². The molecule has 0 atom stereocenters. The molecule has 0 amide bonds. The number of aromatic nitrogens is 1. The Bertz CT molecular complexity index is 583. The van der Waals surface area contributed by atoms with Crippen LogP contribution < -0.4 is 4.74 Å². The van der Waals surface area contributed by atoms with Gasteiger partial charge in [-0.05, 0) is 18.2 Å². The standard InChI is InChI=1S/C12H9Cl2NO2S/c1-17-11-3-2-7(4-8(11)14)12-15-9(6-18-12)10(16)5-13/h2-4,6H,5H2,1H3. The first-order valence-corrected chi connectivity index (χ1v) is 6.83. The molecule has 6 heteroatoms. The maximum absolute atomic E-state index is 11.4. The van der Waals surface area contributed by atoms with Gasteiger partial charge in [0.25, 0.3) is 0 Å². The molecule has 1 heterocycles. The summed E-state index contributed by atoms with van der Waals surface area (Å²) in [4.78, 5) is 15.6. The molecular formula is C12H9Cl2NO2S. The summed E-state index contributed by atoms with van der Waals surface area (Å²) in [6.45, 7) is 0. The zero-order chi connectivity index (χ0) is 13.1. The SMILES string of the molecule is COc1ccc(-c2nc(C(=O)CCl)cs2)cc1Cl. The number of carbonyl (C=O) groups is 1. The molecule has 0 spiro atoms. The highest BCUT2D eigenvalue weighted by Crippen LogP contribution is 2.31. The number of nitrogens with zero attached hydrogens (tertiary/aromatic N) is 1. The van der Waals surface area contributed by atoms with E-state index in [1.165, 1.54) is 11.3 Å². The second-order valence-corrected chi connectivity index (χ2v) is 4.98. The molecule has 0 aliphatic rings. The molecule has 0 aliphatic carbocycles. The van der Waals surface area contributed by atoms with Gasteiger partial charge in [0.2, 0.25) is 0 Å². The Morgan fingerprint density at radius 3 is 2.89 bits per heavy atom. The van der Waals surface area contributed by atoms with E-state index in [0.717, 1.165) is 10.6 Å². The molecule has 0 N–H and O–H groups in total. The van der Waals surface area contributed by atoms with Gasteiger partial charge < -0.3 is 4.74 Å². The Morgan fingerprint density at radius 1 is 1.50 bits per heavy atom. The van der Waals surface area contributed by atoms with Gasteiger partial charge in [-0.2, -0.15) is 0 Å².